The standard InChI is InChI=1S/C6H12N2/c1-2-6-4-7-5-8(6)3-1/h6-7H,1-5H2/t6-/m1/s1. The Labute approximate surface area is 49.9 Å². The maximum Gasteiger partial charge on any atom is 0.0484 e. The smallest absolute Gasteiger partial charge is 0.0484 e. The topological polar surface area (TPSA) is 15.3 Å². The lowest BCUT2D eigenvalue weighted by Crippen LogP contribution is -2.23. The molecule has 0 aromatic carbocycles. The van der Waals surface area contributed by atoms with Crippen molar-refractivity contribution in [3.05, 3.63) is 0 Å². The van der Waals surface area contributed by atoms with Crippen LogP contribution in [0.25, 0.3) is 0 Å². The van der Waals surface area contributed by atoms with Crippen LogP contribution < -0.4 is 5.32 Å². The molecule has 2 saturated heterocycles. The molecule has 0 aromatic heterocycles. The van der Waals surface area contributed by atoms with Crippen LogP contribution in [0, 0.1) is 0 Å². The van der Waals surface area contributed by atoms with Crippen LogP contribution >= 0.6 is 0 Å². The molecule has 1 N–H and O–H groups in total. The highest BCUT2D eigenvalue weighted by Crippen LogP contribution is 2.18. The second-order valence-electron chi connectivity index (χ2n) is 2.72. The molecule has 0 bridgehead atoms. The van der Waals surface area contributed by atoms with E-state index < -0.39 is 0 Å². The molecular formula is C6H12N2. The first-order valence-electron chi connectivity index (χ1n) is 3.41. The largest absolute Gasteiger partial charge is 0.303 e. The van der Waals surface area contributed by atoms with Crippen LogP contribution in [0.5, 0.6) is 0 Å². The van der Waals surface area contributed by atoms with Gasteiger partial charge in [-0.2, -0.15) is 0 Å². The number of nitrogens with one attached hydrogen (secondary N) is 1. The van der Waals surface area contributed by atoms with Crippen LogP contribution in [0.3, 0.4) is 0 Å². The zero-order chi connectivity index (χ0) is 5.40. The van der Waals surface area contributed by atoms with E-state index in [0.29, 0.717) is 0 Å². The van der Waals surface area contributed by atoms with Gasteiger partial charge in [-0.3, -0.25) is 4.90 Å². The summed E-state index contributed by atoms with van der Waals surface area (Å²) in [4.78, 5) is 2.53. The van der Waals surface area contributed by atoms with Crippen LogP contribution in [-0.2, 0) is 0 Å². The van der Waals surface area contributed by atoms with Gasteiger partial charge in [-0.05, 0) is 19.4 Å². The molecule has 2 heterocycles. The van der Waals surface area contributed by atoms with E-state index in [4.69, 9.17) is 0 Å². The molecule has 2 aliphatic heterocycles. The summed E-state index contributed by atoms with van der Waals surface area (Å²) >= 11 is 0. The van der Waals surface area contributed by atoms with Crippen LogP contribution in [0.4, 0.5) is 0 Å². The van der Waals surface area contributed by atoms with E-state index in [0.717, 1.165) is 12.7 Å². The van der Waals surface area contributed by atoms with E-state index in [9.17, 15) is 0 Å². The van der Waals surface area contributed by atoms with Crippen molar-refractivity contribution in [3.8, 4) is 0 Å². The first kappa shape index (κ1) is 4.77. The highest BCUT2D eigenvalue weighted by molar-refractivity contribution is 4.84. The first-order valence-corrected chi connectivity index (χ1v) is 3.41. The summed E-state index contributed by atoms with van der Waals surface area (Å²) in [6.45, 7) is 3.71. The summed E-state index contributed by atoms with van der Waals surface area (Å²) in [7, 11) is 0. The number of nitrogens with zero attached hydrogens (tertiary/aromatic N) is 1. The van der Waals surface area contributed by atoms with E-state index in [1.165, 1.54) is 25.9 Å². The quantitative estimate of drug-likeness (QED) is 0.475. The van der Waals surface area contributed by atoms with E-state index in [2.05, 4.69) is 10.2 Å². The van der Waals surface area contributed by atoms with Gasteiger partial charge in [0.25, 0.3) is 0 Å². The highest BCUT2D eigenvalue weighted by Gasteiger charge is 2.27. The Balaban J connectivity index is 2.04. The molecule has 2 nitrogen and oxygen atoms in total. The van der Waals surface area contributed by atoms with Crippen molar-refractivity contribution in [2.45, 2.75) is 18.9 Å². The molecule has 0 amide bonds. The van der Waals surface area contributed by atoms with Gasteiger partial charge in [-0.1, -0.05) is 0 Å². The summed E-state index contributed by atoms with van der Waals surface area (Å²) in [5.41, 5.74) is 0. The predicted octanol–water partition coefficient (Wildman–Crippen LogP) is 0.0115. The molecule has 2 rings (SSSR count). The van der Waals surface area contributed by atoms with Crippen molar-refractivity contribution in [1.29, 1.82) is 0 Å². The van der Waals surface area contributed by atoms with Gasteiger partial charge in [0.05, 0.1) is 0 Å². The second-order valence-corrected chi connectivity index (χ2v) is 2.72. The SMILES string of the molecule is C1C[C@@H]2CNCN2C1. The molecule has 0 aromatic rings. The zero-order valence-electron chi connectivity index (χ0n) is 5.06. The number of rotatable bonds is 0. The van der Waals surface area contributed by atoms with Crippen LogP contribution in [0.1, 0.15) is 12.8 Å². The molecular weight excluding hydrogens is 100 g/mol. The second kappa shape index (κ2) is 1.71. The third-order valence-corrected chi connectivity index (χ3v) is 2.19. The van der Waals surface area contributed by atoms with Gasteiger partial charge in [0.1, 0.15) is 0 Å². The molecule has 0 spiro atoms. The monoisotopic (exact) mass is 112 g/mol. The lowest BCUT2D eigenvalue weighted by molar-refractivity contribution is 0.327. The summed E-state index contributed by atoms with van der Waals surface area (Å²) in [6, 6.07) is 0.898. The van der Waals surface area contributed by atoms with Crippen molar-refractivity contribution < 1.29 is 0 Å². The van der Waals surface area contributed by atoms with E-state index in [1.807, 2.05) is 0 Å². The predicted molar refractivity (Wildman–Crippen MR) is 32.6 cm³/mol. The van der Waals surface area contributed by atoms with Crippen molar-refractivity contribution in [2.75, 3.05) is 19.8 Å². The Morgan fingerprint density at radius 2 is 2.50 bits per heavy atom. The third kappa shape index (κ3) is 0.565. The first-order chi connectivity index (χ1) is 3.97. The van der Waals surface area contributed by atoms with Gasteiger partial charge in [0.2, 0.25) is 0 Å². The van der Waals surface area contributed by atoms with Crippen molar-refractivity contribution in [2.24, 2.45) is 0 Å². The fourth-order valence-electron chi connectivity index (χ4n) is 1.71. The molecule has 2 fully saturated rings. The van der Waals surface area contributed by atoms with Crippen molar-refractivity contribution in [3.63, 3.8) is 0 Å². The molecule has 0 aliphatic carbocycles. The van der Waals surface area contributed by atoms with Crippen LogP contribution in [-0.4, -0.2) is 30.7 Å². The maximum absolute atomic E-state index is 3.35. The maximum atomic E-state index is 3.35. The van der Waals surface area contributed by atoms with Gasteiger partial charge < -0.3 is 5.32 Å². The molecule has 1 atom stereocenters. The Bertz CT molecular complexity index is 72.5. The normalized spacial score (nSPS) is 38.2. The van der Waals surface area contributed by atoms with Crippen LogP contribution in [0.2, 0.25) is 0 Å². The van der Waals surface area contributed by atoms with Gasteiger partial charge in [-0.25, -0.2) is 0 Å². The number of fused-ring (bicyclic) bond motifs is 1. The van der Waals surface area contributed by atoms with Gasteiger partial charge >= 0.3 is 0 Å². The molecule has 0 unspecified atom stereocenters. The Kier molecular flexibility index (Phi) is 1.02. The molecule has 2 aliphatic rings. The van der Waals surface area contributed by atoms with E-state index in [1.54, 1.807) is 0 Å². The average Bonchev–Trinajstić information content (AvgIpc) is 2.15. The zero-order valence-corrected chi connectivity index (χ0v) is 5.06. The summed E-state index contributed by atoms with van der Waals surface area (Å²) in [5.74, 6) is 0. The van der Waals surface area contributed by atoms with Crippen LogP contribution in [0.15, 0.2) is 0 Å². The molecule has 8 heavy (non-hydrogen) atoms. The van der Waals surface area contributed by atoms with E-state index >= 15 is 0 Å². The van der Waals surface area contributed by atoms with Crippen molar-refractivity contribution in [1.82, 2.24) is 10.2 Å². The fourth-order valence-corrected chi connectivity index (χ4v) is 1.71. The van der Waals surface area contributed by atoms with Gasteiger partial charge in [-0.15, -0.1) is 0 Å². The summed E-state index contributed by atoms with van der Waals surface area (Å²) in [5, 5.41) is 3.35. The Hall–Kier alpha value is -0.0800. The number of hydrogen-bond donors (Lipinski definition) is 1. The lowest BCUT2D eigenvalue weighted by Gasteiger charge is -2.10. The van der Waals surface area contributed by atoms with Gasteiger partial charge in [0.15, 0.2) is 0 Å². The number of hydrogen-bond acceptors (Lipinski definition) is 2. The Morgan fingerprint density at radius 3 is 3.38 bits per heavy atom. The summed E-state index contributed by atoms with van der Waals surface area (Å²) in [6.07, 6.45) is 2.85. The van der Waals surface area contributed by atoms with Crippen molar-refractivity contribution >= 4 is 0 Å². The minimum absolute atomic E-state index is 0.898. The minimum Gasteiger partial charge on any atom is -0.303 e. The van der Waals surface area contributed by atoms with Gasteiger partial charge in [0, 0.05) is 19.3 Å². The lowest BCUT2D eigenvalue weighted by atomic mass is 10.2. The molecule has 2 heteroatoms. The Morgan fingerprint density at radius 1 is 1.50 bits per heavy atom. The molecule has 0 saturated carbocycles. The van der Waals surface area contributed by atoms with E-state index in [-0.39, 0.29) is 0 Å². The minimum atomic E-state index is 0.898. The highest BCUT2D eigenvalue weighted by atomic mass is 15.3. The fraction of sp³-hybridized carbons (Fsp3) is 1.00. The third-order valence-electron chi connectivity index (χ3n) is 2.19. The summed E-state index contributed by atoms with van der Waals surface area (Å²) < 4.78 is 0. The molecule has 0 radical (unpaired) electrons. The molecule has 46 valence electrons. The average molecular weight is 112 g/mol.